The predicted molar refractivity (Wildman–Crippen MR) is 105 cm³/mol. The van der Waals surface area contributed by atoms with Gasteiger partial charge in [0.05, 0.1) is 17.8 Å². The van der Waals surface area contributed by atoms with Gasteiger partial charge in [-0.25, -0.2) is 0 Å². The molecule has 0 bridgehead atoms. The van der Waals surface area contributed by atoms with Crippen LogP contribution in [0.15, 0.2) is 57.1 Å². The highest BCUT2D eigenvalue weighted by molar-refractivity contribution is 9.10. The van der Waals surface area contributed by atoms with Crippen molar-refractivity contribution in [3.63, 3.8) is 0 Å². The largest absolute Gasteiger partial charge is 0.493 e. The van der Waals surface area contributed by atoms with Crippen LogP contribution in [-0.4, -0.2) is 31.8 Å². The molecule has 0 aliphatic carbocycles. The average molecular weight is 420 g/mol. The van der Waals surface area contributed by atoms with Gasteiger partial charge in [-0.2, -0.15) is 5.10 Å². The molecule has 0 unspecified atom stereocenters. The molecule has 0 aromatic heterocycles. The Hall–Kier alpha value is -3.07. The van der Waals surface area contributed by atoms with Crippen LogP contribution in [0.4, 0.5) is 5.69 Å². The van der Waals surface area contributed by atoms with Crippen molar-refractivity contribution in [2.45, 2.75) is 0 Å². The summed E-state index contributed by atoms with van der Waals surface area (Å²) in [5.41, 5.74) is 11.8. The molecule has 2 aromatic rings. The lowest BCUT2D eigenvalue weighted by Gasteiger charge is -2.13. The maximum Gasteiger partial charge on any atom is 0.262 e. The SMILES string of the molecule is COc1cc(C=NN=C(N)N)cc(Br)c1OCC(=O)Nc1ccccc1. The zero-order valence-corrected chi connectivity index (χ0v) is 15.6. The van der Waals surface area contributed by atoms with Crippen LogP contribution in [0.5, 0.6) is 11.5 Å². The summed E-state index contributed by atoms with van der Waals surface area (Å²) in [6, 6.07) is 12.5. The molecule has 1 amide bonds. The van der Waals surface area contributed by atoms with Crippen LogP contribution in [0.25, 0.3) is 0 Å². The number of ether oxygens (including phenoxy) is 2. The molecule has 26 heavy (non-hydrogen) atoms. The van der Waals surface area contributed by atoms with Crippen molar-refractivity contribution in [3.8, 4) is 11.5 Å². The second-order valence-corrected chi connectivity index (χ2v) is 5.86. The van der Waals surface area contributed by atoms with Gasteiger partial charge in [0.1, 0.15) is 0 Å². The van der Waals surface area contributed by atoms with E-state index in [4.69, 9.17) is 20.9 Å². The summed E-state index contributed by atoms with van der Waals surface area (Å²) >= 11 is 3.39. The van der Waals surface area contributed by atoms with E-state index in [1.807, 2.05) is 18.2 Å². The van der Waals surface area contributed by atoms with Gasteiger partial charge in [-0.05, 0) is 45.8 Å². The average Bonchev–Trinajstić information content (AvgIpc) is 2.61. The lowest BCUT2D eigenvalue weighted by atomic mass is 10.2. The van der Waals surface area contributed by atoms with Gasteiger partial charge in [0, 0.05) is 5.69 Å². The van der Waals surface area contributed by atoms with Crippen LogP contribution in [0.1, 0.15) is 5.56 Å². The number of hydrogen-bond donors (Lipinski definition) is 3. The van der Waals surface area contributed by atoms with E-state index in [0.717, 1.165) is 0 Å². The van der Waals surface area contributed by atoms with Crippen molar-refractivity contribution in [1.82, 2.24) is 0 Å². The molecule has 136 valence electrons. The lowest BCUT2D eigenvalue weighted by Crippen LogP contribution is -2.21. The van der Waals surface area contributed by atoms with E-state index in [-0.39, 0.29) is 18.5 Å². The van der Waals surface area contributed by atoms with E-state index in [2.05, 4.69) is 31.4 Å². The molecule has 0 fully saturated rings. The maximum absolute atomic E-state index is 12.0. The topological polar surface area (TPSA) is 124 Å². The van der Waals surface area contributed by atoms with Crippen molar-refractivity contribution in [3.05, 3.63) is 52.5 Å². The standard InChI is InChI=1S/C17H18BrN5O3/c1-25-14-8-11(9-21-23-17(19)20)7-13(18)16(14)26-10-15(24)22-12-5-3-2-4-6-12/h2-9H,10H2,1H3,(H,22,24)(H4,19,20,23). The first-order valence-electron chi connectivity index (χ1n) is 7.47. The number of anilines is 1. The van der Waals surface area contributed by atoms with Crippen LogP contribution in [-0.2, 0) is 4.79 Å². The molecular formula is C17H18BrN5O3. The quantitative estimate of drug-likeness (QED) is 0.360. The molecule has 8 nitrogen and oxygen atoms in total. The Bertz CT molecular complexity index is 821. The Morgan fingerprint density at radius 3 is 2.65 bits per heavy atom. The summed E-state index contributed by atoms with van der Waals surface area (Å²) in [5, 5.41) is 10.0. The molecule has 0 radical (unpaired) electrons. The number of hydrogen-bond acceptors (Lipinski definition) is 5. The molecule has 5 N–H and O–H groups in total. The predicted octanol–water partition coefficient (Wildman–Crippen LogP) is 2.08. The second-order valence-electron chi connectivity index (χ2n) is 5.01. The summed E-state index contributed by atoms with van der Waals surface area (Å²) in [6.45, 7) is -0.175. The normalized spacial score (nSPS) is 10.4. The first-order chi connectivity index (χ1) is 12.5. The number of methoxy groups -OCH3 is 1. The lowest BCUT2D eigenvalue weighted by molar-refractivity contribution is -0.118. The van der Waals surface area contributed by atoms with Crippen molar-refractivity contribution < 1.29 is 14.3 Å². The van der Waals surface area contributed by atoms with Crippen LogP contribution in [0, 0.1) is 0 Å². The van der Waals surface area contributed by atoms with Crippen molar-refractivity contribution >= 4 is 39.7 Å². The monoisotopic (exact) mass is 419 g/mol. The van der Waals surface area contributed by atoms with E-state index in [9.17, 15) is 4.79 Å². The van der Waals surface area contributed by atoms with Crippen LogP contribution >= 0.6 is 15.9 Å². The van der Waals surface area contributed by atoms with Gasteiger partial charge in [-0.15, -0.1) is 5.10 Å². The third-order valence-corrected chi connectivity index (χ3v) is 3.63. The van der Waals surface area contributed by atoms with Gasteiger partial charge < -0.3 is 26.3 Å². The fourth-order valence-electron chi connectivity index (χ4n) is 1.97. The molecule has 0 aliphatic heterocycles. The number of halogens is 1. The number of carbonyl (C=O) groups excluding carboxylic acids is 1. The Kier molecular flexibility index (Phi) is 6.98. The van der Waals surface area contributed by atoms with Gasteiger partial charge in [0.25, 0.3) is 5.91 Å². The smallest absolute Gasteiger partial charge is 0.262 e. The maximum atomic E-state index is 12.0. The second kappa shape index (κ2) is 9.42. The van der Waals surface area contributed by atoms with Crippen molar-refractivity contribution in [2.24, 2.45) is 21.7 Å². The van der Waals surface area contributed by atoms with Crippen LogP contribution in [0.3, 0.4) is 0 Å². The van der Waals surface area contributed by atoms with Crippen molar-refractivity contribution in [1.29, 1.82) is 0 Å². The first kappa shape index (κ1) is 19.3. The number of guanidine groups is 1. The van der Waals surface area contributed by atoms with Crippen LogP contribution in [0.2, 0.25) is 0 Å². The molecule has 0 aliphatic rings. The van der Waals surface area contributed by atoms with Gasteiger partial charge >= 0.3 is 0 Å². The van der Waals surface area contributed by atoms with Crippen molar-refractivity contribution in [2.75, 3.05) is 19.0 Å². The summed E-state index contributed by atoms with van der Waals surface area (Å²) < 4.78 is 11.5. The summed E-state index contributed by atoms with van der Waals surface area (Å²) in [5.74, 6) is 0.396. The third kappa shape index (κ3) is 5.78. The highest BCUT2D eigenvalue weighted by atomic mass is 79.9. The summed E-state index contributed by atoms with van der Waals surface area (Å²) in [7, 11) is 1.50. The molecular weight excluding hydrogens is 402 g/mol. The number of nitrogens with two attached hydrogens (primary N) is 2. The van der Waals surface area contributed by atoms with E-state index >= 15 is 0 Å². The minimum absolute atomic E-state index is 0.142. The number of para-hydroxylation sites is 1. The molecule has 2 rings (SSSR count). The van der Waals surface area contributed by atoms with E-state index < -0.39 is 0 Å². The highest BCUT2D eigenvalue weighted by Gasteiger charge is 2.13. The Morgan fingerprint density at radius 1 is 1.27 bits per heavy atom. The number of rotatable bonds is 7. The third-order valence-electron chi connectivity index (χ3n) is 3.04. The number of nitrogens with one attached hydrogen (secondary N) is 1. The van der Waals surface area contributed by atoms with Gasteiger partial charge in [-0.3, -0.25) is 4.79 Å². The number of amides is 1. The summed E-state index contributed by atoms with van der Waals surface area (Å²) in [6.07, 6.45) is 1.46. The van der Waals surface area contributed by atoms with E-state index in [0.29, 0.717) is 27.2 Å². The molecule has 0 saturated heterocycles. The molecule has 0 saturated carbocycles. The Labute approximate surface area is 159 Å². The molecule has 0 atom stereocenters. The minimum atomic E-state index is -0.288. The molecule has 9 heteroatoms. The summed E-state index contributed by atoms with van der Waals surface area (Å²) in [4.78, 5) is 12.0. The number of nitrogens with zero attached hydrogens (tertiary/aromatic N) is 2. The number of benzene rings is 2. The molecule has 0 heterocycles. The highest BCUT2D eigenvalue weighted by Crippen LogP contribution is 2.36. The van der Waals surface area contributed by atoms with Gasteiger partial charge in [0.2, 0.25) is 5.96 Å². The van der Waals surface area contributed by atoms with E-state index in [1.165, 1.54) is 13.3 Å². The molecule has 0 spiro atoms. The first-order valence-corrected chi connectivity index (χ1v) is 8.26. The molecule has 2 aromatic carbocycles. The fraction of sp³-hybridized carbons (Fsp3) is 0.118. The van der Waals surface area contributed by atoms with Gasteiger partial charge in [-0.1, -0.05) is 18.2 Å². The zero-order chi connectivity index (χ0) is 18.9. The van der Waals surface area contributed by atoms with Gasteiger partial charge in [0.15, 0.2) is 18.1 Å². The zero-order valence-electron chi connectivity index (χ0n) is 14.0. The Balaban J connectivity index is 2.07. The van der Waals surface area contributed by atoms with Crippen LogP contribution < -0.4 is 26.3 Å². The Morgan fingerprint density at radius 2 is 2.00 bits per heavy atom. The number of carbonyl (C=O) groups is 1. The fourth-order valence-corrected chi connectivity index (χ4v) is 2.55. The minimum Gasteiger partial charge on any atom is -0.493 e. The van der Waals surface area contributed by atoms with E-state index in [1.54, 1.807) is 24.3 Å².